The fourth-order valence-corrected chi connectivity index (χ4v) is 8.57. The SMILES string of the molecule is c1ccc(-c2cccc(-c3cc(-c4cccc5c4oc4c5ccc5c6ccccc6n(-c6ccccc6)c54)nc(-c4ccc5c(c4)oc4ccccc45)n3)c2)cc1. The van der Waals surface area contributed by atoms with Gasteiger partial charge in [-0.25, -0.2) is 9.97 Å². The largest absolute Gasteiger partial charge is 0.456 e. The third-order valence-corrected chi connectivity index (χ3v) is 11.2. The van der Waals surface area contributed by atoms with Crippen molar-refractivity contribution in [1.29, 1.82) is 0 Å². The average Bonchev–Trinajstić information content (AvgIpc) is 3.96. The van der Waals surface area contributed by atoms with Crippen LogP contribution in [-0.4, -0.2) is 14.5 Å². The monoisotopic (exact) mass is 729 g/mol. The first-order valence-electron chi connectivity index (χ1n) is 19.1. The quantitative estimate of drug-likeness (QED) is 0.177. The summed E-state index contributed by atoms with van der Waals surface area (Å²) in [7, 11) is 0. The Morgan fingerprint density at radius 2 is 1.02 bits per heavy atom. The van der Waals surface area contributed by atoms with Crippen LogP contribution in [0.1, 0.15) is 0 Å². The molecular formula is C52H31N3O2. The molecule has 57 heavy (non-hydrogen) atoms. The third-order valence-electron chi connectivity index (χ3n) is 11.2. The van der Waals surface area contributed by atoms with Crippen molar-refractivity contribution in [3.8, 4) is 50.7 Å². The van der Waals surface area contributed by atoms with E-state index in [1.165, 1.54) is 5.39 Å². The molecule has 0 aliphatic heterocycles. The molecule has 0 radical (unpaired) electrons. The van der Waals surface area contributed by atoms with Crippen molar-refractivity contribution >= 4 is 65.7 Å². The molecule has 4 heterocycles. The second-order valence-corrected chi connectivity index (χ2v) is 14.5. The molecule has 0 fully saturated rings. The van der Waals surface area contributed by atoms with Crippen molar-refractivity contribution in [2.45, 2.75) is 0 Å². The van der Waals surface area contributed by atoms with Crippen molar-refractivity contribution < 1.29 is 8.83 Å². The number of nitrogens with zero attached hydrogens (tertiary/aromatic N) is 3. The van der Waals surface area contributed by atoms with Gasteiger partial charge in [-0.2, -0.15) is 0 Å². The number of furan rings is 2. The Balaban J connectivity index is 1.11. The molecule has 5 heteroatoms. The Morgan fingerprint density at radius 1 is 0.368 bits per heavy atom. The lowest BCUT2D eigenvalue weighted by molar-refractivity contribution is 0.669. The zero-order valence-corrected chi connectivity index (χ0v) is 30.6. The van der Waals surface area contributed by atoms with E-state index in [0.29, 0.717) is 5.82 Å². The Bertz CT molecular complexity index is 3520. The minimum absolute atomic E-state index is 0.606. The molecule has 0 unspecified atom stereocenters. The number of hydrogen-bond donors (Lipinski definition) is 0. The van der Waals surface area contributed by atoms with Gasteiger partial charge < -0.3 is 13.4 Å². The molecule has 0 spiro atoms. The van der Waals surface area contributed by atoms with Crippen molar-refractivity contribution in [3.63, 3.8) is 0 Å². The molecule has 266 valence electrons. The zero-order chi connectivity index (χ0) is 37.5. The molecule has 4 aromatic heterocycles. The van der Waals surface area contributed by atoms with Crippen LogP contribution < -0.4 is 0 Å². The first kappa shape index (κ1) is 31.6. The van der Waals surface area contributed by atoms with Crippen LogP contribution in [0.15, 0.2) is 197 Å². The standard InChI is InChI=1S/C52H31N3O2/c1-3-13-32(14-4-1)33-15-11-16-34(29-33)44-31-45(54-52(53-44)35-25-26-39-38-20-8-10-24-47(38)56-48(39)30-35)43-22-12-21-41-42-28-27-40-37-19-7-9-23-46(37)55(36-17-5-2-6-18-36)49(40)51(42)57-50(41)43/h1-31H. The van der Waals surface area contributed by atoms with Crippen LogP contribution in [0.25, 0.3) is 116 Å². The van der Waals surface area contributed by atoms with Gasteiger partial charge in [-0.05, 0) is 71.8 Å². The molecule has 0 aliphatic rings. The Hall–Kier alpha value is -7.76. The maximum atomic E-state index is 7.11. The summed E-state index contributed by atoms with van der Waals surface area (Å²) in [6.45, 7) is 0. The molecule has 0 N–H and O–H groups in total. The summed E-state index contributed by atoms with van der Waals surface area (Å²) in [5.41, 5.74) is 13.2. The number of hydrogen-bond acceptors (Lipinski definition) is 4. The van der Waals surface area contributed by atoms with E-state index in [2.05, 4.69) is 168 Å². The van der Waals surface area contributed by atoms with Crippen molar-refractivity contribution in [2.75, 3.05) is 0 Å². The lowest BCUT2D eigenvalue weighted by Crippen LogP contribution is -1.96. The van der Waals surface area contributed by atoms with Crippen molar-refractivity contribution in [3.05, 3.63) is 188 Å². The Kier molecular flexibility index (Phi) is 6.86. The summed E-state index contributed by atoms with van der Waals surface area (Å²) in [5, 5.41) is 6.57. The predicted octanol–water partition coefficient (Wildman–Crippen LogP) is 14.0. The van der Waals surface area contributed by atoms with Crippen LogP contribution in [0.2, 0.25) is 0 Å². The van der Waals surface area contributed by atoms with E-state index < -0.39 is 0 Å². The van der Waals surface area contributed by atoms with Gasteiger partial charge in [0.05, 0.1) is 22.4 Å². The van der Waals surface area contributed by atoms with Gasteiger partial charge >= 0.3 is 0 Å². The number of para-hydroxylation sites is 4. The number of benzene rings is 8. The molecule has 0 bridgehead atoms. The highest BCUT2D eigenvalue weighted by molar-refractivity contribution is 6.22. The maximum Gasteiger partial charge on any atom is 0.160 e. The van der Waals surface area contributed by atoms with E-state index in [1.54, 1.807) is 0 Å². The fourth-order valence-electron chi connectivity index (χ4n) is 8.57. The van der Waals surface area contributed by atoms with Gasteiger partial charge in [0, 0.05) is 54.7 Å². The van der Waals surface area contributed by atoms with Gasteiger partial charge in [0.25, 0.3) is 0 Å². The van der Waals surface area contributed by atoms with Gasteiger partial charge in [-0.15, -0.1) is 0 Å². The van der Waals surface area contributed by atoms with Gasteiger partial charge in [0.2, 0.25) is 0 Å². The molecule has 0 atom stereocenters. The van der Waals surface area contributed by atoms with Gasteiger partial charge in [0.15, 0.2) is 11.4 Å². The van der Waals surface area contributed by atoms with E-state index >= 15 is 0 Å². The Labute approximate surface area is 326 Å². The summed E-state index contributed by atoms with van der Waals surface area (Å²) >= 11 is 0. The molecule has 0 saturated carbocycles. The second kappa shape index (κ2) is 12.4. The second-order valence-electron chi connectivity index (χ2n) is 14.5. The predicted molar refractivity (Wildman–Crippen MR) is 233 cm³/mol. The van der Waals surface area contributed by atoms with Gasteiger partial charge in [0.1, 0.15) is 16.7 Å². The summed E-state index contributed by atoms with van der Waals surface area (Å²) < 4.78 is 15.8. The smallest absolute Gasteiger partial charge is 0.160 e. The highest BCUT2D eigenvalue weighted by atomic mass is 16.3. The van der Waals surface area contributed by atoms with E-state index in [4.69, 9.17) is 18.8 Å². The van der Waals surface area contributed by atoms with Crippen LogP contribution in [0, 0.1) is 0 Å². The fraction of sp³-hybridized carbons (Fsp3) is 0. The summed E-state index contributed by atoms with van der Waals surface area (Å²) in [6, 6.07) is 65.4. The first-order chi connectivity index (χ1) is 28.2. The molecule has 5 nitrogen and oxygen atoms in total. The van der Waals surface area contributed by atoms with E-state index in [9.17, 15) is 0 Å². The van der Waals surface area contributed by atoms with Crippen LogP contribution in [-0.2, 0) is 0 Å². The third kappa shape index (κ3) is 4.96. The zero-order valence-electron chi connectivity index (χ0n) is 30.6. The minimum atomic E-state index is 0.606. The van der Waals surface area contributed by atoms with E-state index in [1.807, 2.05) is 24.3 Å². The van der Waals surface area contributed by atoms with Crippen LogP contribution in [0.3, 0.4) is 0 Å². The molecule has 0 amide bonds. The lowest BCUT2D eigenvalue weighted by Gasteiger charge is -2.11. The first-order valence-corrected chi connectivity index (χ1v) is 19.1. The molecular weight excluding hydrogens is 699 g/mol. The molecule has 0 saturated heterocycles. The summed E-state index contributed by atoms with van der Waals surface area (Å²) in [5.74, 6) is 0.606. The number of rotatable bonds is 5. The Morgan fingerprint density at radius 3 is 1.91 bits per heavy atom. The summed E-state index contributed by atoms with van der Waals surface area (Å²) in [4.78, 5) is 10.5. The normalized spacial score (nSPS) is 11.9. The highest BCUT2D eigenvalue weighted by Crippen LogP contribution is 2.43. The van der Waals surface area contributed by atoms with Crippen molar-refractivity contribution in [1.82, 2.24) is 14.5 Å². The minimum Gasteiger partial charge on any atom is -0.456 e. The van der Waals surface area contributed by atoms with Crippen LogP contribution in [0.5, 0.6) is 0 Å². The molecule has 12 aromatic rings. The van der Waals surface area contributed by atoms with Crippen LogP contribution >= 0.6 is 0 Å². The molecule has 0 aliphatic carbocycles. The molecule has 12 rings (SSSR count). The summed E-state index contributed by atoms with van der Waals surface area (Å²) in [6.07, 6.45) is 0. The van der Waals surface area contributed by atoms with Gasteiger partial charge in [-0.3, -0.25) is 0 Å². The number of fused-ring (bicyclic) bond motifs is 10. The lowest BCUT2D eigenvalue weighted by atomic mass is 10.00. The van der Waals surface area contributed by atoms with Crippen molar-refractivity contribution in [2.24, 2.45) is 0 Å². The topological polar surface area (TPSA) is 57.0 Å². The van der Waals surface area contributed by atoms with E-state index in [0.717, 1.165) is 105 Å². The maximum absolute atomic E-state index is 7.11. The van der Waals surface area contributed by atoms with Gasteiger partial charge in [-0.1, -0.05) is 127 Å². The average molecular weight is 730 g/mol. The van der Waals surface area contributed by atoms with E-state index in [-0.39, 0.29) is 0 Å². The number of aromatic nitrogens is 3. The van der Waals surface area contributed by atoms with Crippen LogP contribution in [0.4, 0.5) is 0 Å². The molecule has 8 aromatic carbocycles. The highest BCUT2D eigenvalue weighted by Gasteiger charge is 2.22.